The molecule has 0 aliphatic carbocycles. The molecule has 0 saturated carbocycles. The van der Waals surface area contributed by atoms with Crippen LogP contribution in [-0.2, 0) is 6.54 Å². The molecular formula is C19H30N2O2. The maximum atomic E-state index is 10.9. The number of carboxylic acid groups (broad SMARTS) is 1. The Labute approximate surface area is 139 Å². The number of piperidine rings is 1. The summed E-state index contributed by atoms with van der Waals surface area (Å²) in [5.41, 5.74) is 1.61. The lowest BCUT2D eigenvalue weighted by molar-refractivity contribution is 0.0649. The monoisotopic (exact) mass is 318 g/mol. The molecule has 1 heterocycles. The first-order valence-electron chi connectivity index (χ1n) is 8.70. The van der Waals surface area contributed by atoms with Crippen LogP contribution in [0.3, 0.4) is 0 Å². The van der Waals surface area contributed by atoms with E-state index in [-0.39, 0.29) is 5.54 Å². The molecule has 23 heavy (non-hydrogen) atoms. The fraction of sp³-hybridized carbons (Fsp3) is 0.632. The zero-order chi connectivity index (χ0) is 16.9. The fourth-order valence-electron chi connectivity index (χ4n) is 3.34. The first kappa shape index (κ1) is 18.0. The van der Waals surface area contributed by atoms with Crippen LogP contribution in [0.15, 0.2) is 24.3 Å². The highest BCUT2D eigenvalue weighted by Crippen LogP contribution is 2.25. The first-order valence-corrected chi connectivity index (χ1v) is 8.70. The Balaban J connectivity index is 1.83. The predicted octanol–water partition coefficient (Wildman–Crippen LogP) is 3.38. The Bertz CT molecular complexity index is 511. The summed E-state index contributed by atoms with van der Waals surface area (Å²) in [5, 5.41) is 12.5. The normalized spacial score (nSPS) is 19.7. The zero-order valence-corrected chi connectivity index (χ0v) is 14.6. The second-order valence-electron chi connectivity index (χ2n) is 7.28. The van der Waals surface area contributed by atoms with Crippen LogP contribution in [-0.4, -0.2) is 41.1 Å². The van der Waals surface area contributed by atoms with E-state index in [2.05, 4.69) is 31.0 Å². The van der Waals surface area contributed by atoms with Crippen molar-refractivity contribution >= 4 is 5.97 Å². The van der Waals surface area contributed by atoms with Crippen LogP contribution in [0.4, 0.5) is 0 Å². The molecule has 1 unspecified atom stereocenters. The van der Waals surface area contributed by atoms with E-state index in [0.29, 0.717) is 5.56 Å². The van der Waals surface area contributed by atoms with E-state index in [4.69, 9.17) is 5.11 Å². The molecule has 128 valence electrons. The molecule has 1 fully saturated rings. The van der Waals surface area contributed by atoms with E-state index in [9.17, 15) is 4.79 Å². The van der Waals surface area contributed by atoms with E-state index in [0.717, 1.165) is 24.6 Å². The van der Waals surface area contributed by atoms with Crippen molar-refractivity contribution in [2.24, 2.45) is 5.92 Å². The van der Waals surface area contributed by atoms with E-state index in [1.807, 2.05) is 12.1 Å². The number of carboxylic acids is 1. The van der Waals surface area contributed by atoms with E-state index >= 15 is 0 Å². The highest BCUT2D eigenvalue weighted by atomic mass is 16.4. The molecule has 1 aromatic rings. The van der Waals surface area contributed by atoms with Crippen LogP contribution >= 0.6 is 0 Å². The second-order valence-corrected chi connectivity index (χ2v) is 7.28. The van der Waals surface area contributed by atoms with Crippen molar-refractivity contribution in [1.29, 1.82) is 0 Å². The smallest absolute Gasteiger partial charge is 0.335 e. The molecule has 4 heteroatoms. The van der Waals surface area contributed by atoms with Crippen molar-refractivity contribution < 1.29 is 9.90 Å². The Kier molecular flexibility index (Phi) is 6.19. The average molecular weight is 318 g/mol. The molecule has 0 bridgehead atoms. The van der Waals surface area contributed by atoms with Crippen LogP contribution in [0.25, 0.3) is 0 Å². The maximum Gasteiger partial charge on any atom is 0.335 e. The zero-order valence-electron chi connectivity index (χ0n) is 14.6. The van der Waals surface area contributed by atoms with Crippen molar-refractivity contribution in [3.63, 3.8) is 0 Å². The lowest BCUT2D eigenvalue weighted by Gasteiger charge is -2.43. The highest BCUT2D eigenvalue weighted by molar-refractivity contribution is 5.87. The molecule has 1 aliphatic rings. The Hall–Kier alpha value is -1.39. The summed E-state index contributed by atoms with van der Waals surface area (Å²) < 4.78 is 0. The summed E-state index contributed by atoms with van der Waals surface area (Å²) >= 11 is 0. The fourth-order valence-corrected chi connectivity index (χ4v) is 3.34. The molecule has 1 atom stereocenters. The Morgan fingerprint density at radius 2 is 2.04 bits per heavy atom. The van der Waals surface area contributed by atoms with Gasteiger partial charge in [-0.1, -0.05) is 25.5 Å². The van der Waals surface area contributed by atoms with Crippen LogP contribution in [0.1, 0.15) is 56.0 Å². The van der Waals surface area contributed by atoms with Gasteiger partial charge in [-0.05, 0) is 56.8 Å². The van der Waals surface area contributed by atoms with Crippen LogP contribution in [0.2, 0.25) is 0 Å². The van der Waals surface area contributed by atoms with Gasteiger partial charge in [0.15, 0.2) is 0 Å². The molecule has 0 radical (unpaired) electrons. The van der Waals surface area contributed by atoms with Crippen molar-refractivity contribution in [2.75, 3.05) is 19.6 Å². The van der Waals surface area contributed by atoms with Crippen molar-refractivity contribution in [3.8, 4) is 0 Å². The van der Waals surface area contributed by atoms with Gasteiger partial charge in [-0.15, -0.1) is 0 Å². The highest BCUT2D eigenvalue weighted by Gasteiger charge is 2.30. The third-order valence-corrected chi connectivity index (χ3v) is 5.04. The molecular weight excluding hydrogens is 288 g/mol. The van der Waals surface area contributed by atoms with Crippen LogP contribution in [0, 0.1) is 5.92 Å². The molecule has 1 aliphatic heterocycles. The third kappa shape index (κ3) is 5.05. The third-order valence-electron chi connectivity index (χ3n) is 5.04. The maximum absolute atomic E-state index is 10.9. The topological polar surface area (TPSA) is 52.6 Å². The van der Waals surface area contributed by atoms with Crippen molar-refractivity contribution in [2.45, 2.75) is 52.1 Å². The van der Waals surface area contributed by atoms with Gasteiger partial charge in [-0.2, -0.15) is 0 Å². The number of nitrogens with zero attached hydrogens (tertiary/aromatic N) is 1. The van der Waals surface area contributed by atoms with Crippen LogP contribution < -0.4 is 5.32 Å². The molecule has 2 rings (SSSR count). The summed E-state index contributed by atoms with van der Waals surface area (Å²) in [5.74, 6) is -0.0344. The van der Waals surface area contributed by atoms with Gasteiger partial charge in [0.25, 0.3) is 0 Å². The minimum Gasteiger partial charge on any atom is -0.478 e. The average Bonchev–Trinajstić information content (AvgIpc) is 2.55. The molecule has 0 aromatic heterocycles. The van der Waals surface area contributed by atoms with Gasteiger partial charge in [-0.25, -0.2) is 4.79 Å². The number of rotatable bonds is 7. The SMILES string of the molecule is CCC1CCCN(C(C)(C)CNCc2ccc(C(=O)O)cc2)C1. The van der Waals surface area contributed by atoms with Gasteiger partial charge < -0.3 is 10.4 Å². The number of likely N-dealkylation sites (tertiary alicyclic amines) is 1. The summed E-state index contributed by atoms with van der Waals surface area (Å²) in [6.07, 6.45) is 3.95. The minimum atomic E-state index is -0.874. The Morgan fingerprint density at radius 3 is 2.65 bits per heavy atom. The standard InChI is InChI=1S/C19H30N2O2/c1-4-15-6-5-11-21(13-15)19(2,3)14-20-12-16-7-9-17(10-8-16)18(22)23/h7-10,15,20H,4-6,11-14H2,1-3H3,(H,22,23). The van der Waals surface area contributed by atoms with Crippen LogP contribution in [0.5, 0.6) is 0 Å². The minimum absolute atomic E-state index is 0.148. The van der Waals surface area contributed by atoms with Gasteiger partial charge in [-0.3, -0.25) is 4.90 Å². The van der Waals surface area contributed by atoms with Gasteiger partial charge in [0.05, 0.1) is 5.56 Å². The Morgan fingerprint density at radius 1 is 1.35 bits per heavy atom. The molecule has 0 spiro atoms. The number of hydrogen-bond acceptors (Lipinski definition) is 3. The summed E-state index contributed by atoms with van der Waals surface area (Å²) in [4.78, 5) is 13.5. The summed E-state index contributed by atoms with van der Waals surface area (Å²) in [6.45, 7) is 11.0. The van der Waals surface area contributed by atoms with Gasteiger partial charge >= 0.3 is 5.97 Å². The summed E-state index contributed by atoms with van der Waals surface area (Å²) in [7, 11) is 0. The largest absolute Gasteiger partial charge is 0.478 e. The van der Waals surface area contributed by atoms with E-state index in [1.54, 1.807) is 12.1 Å². The number of hydrogen-bond donors (Lipinski definition) is 2. The van der Waals surface area contributed by atoms with E-state index in [1.165, 1.54) is 32.4 Å². The van der Waals surface area contributed by atoms with Gasteiger partial charge in [0, 0.05) is 25.2 Å². The molecule has 2 N–H and O–H groups in total. The molecule has 0 amide bonds. The second kappa shape index (κ2) is 7.93. The van der Waals surface area contributed by atoms with Gasteiger partial charge in [0.2, 0.25) is 0 Å². The van der Waals surface area contributed by atoms with Crippen molar-refractivity contribution in [3.05, 3.63) is 35.4 Å². The number of aromatic carboxylic acids is 1. The summed E-state index contributed by atoms with van der Waals surface area (Å²) in [6, 6.07) is 7.11. The molecule has 1 saturated heterocycles. The number of carbonyl (C=O) groups is 1. The van der Waals surface area contributed by atoms with E-state index < -0.39 is 5.97 Å². The number of nitrogens with one attached hydrogen (secondary N) is 1. The molecule has 1 aromatic carbocycles. The van der Waals surface area contributed by atoms with Crippen molar-refractivity contribution in [1.82, 2.24) is 10.2 Å². The first-order chi connectivity index (χ1) is 10.9. The van der Waals surface area contributed by atoms with Gasteiger partial charge in [0.1, 0.15) is 0 Å². The predicted molar refractivity (Wildman–Crippen MR) is 93.8 cm³/mol. The lowest BCUT2D eigenvalue weighted by atomic mass is 9.91. The quantitative estimate of drug-likeness (QED) is 0.809. The number of benzene rings is 1. The molecule has 4 nitrogen and oxygen atoms in total. The lowest BCUT2D eigenvalue weighted by Crippen LogP contribution is -2.54.